The number of hydrogen-bond donors (Lipinski definition) is 2. The van der Waals surface area contributed by atoms with Gasteiger partial charge in [0.15, 0.2) is 6.04 Å². The average molecular weight is 356 g/mol. The fraction of sp³-hybridized carbons (Fsp3) is 0.467. The maximum atomic E-state index is 12.6. The second kappa shape index (κ2) is 7.29. The standard InChI is InChI=1S/C15H20N2O6S/c1-10(2)16-24(21,22)12-5-3-4-11(8-12)14(18)17-6-7-23-9-13(17)15(19)20/h3-5,8,10,13,16H,6-7,9H2,1-2H3,(H,19,20). The maximum Gasteiger partial charge on any atom is 0.328 e. The summed E-state index contributed by atoms with van der Waals surface area (Å²) in [5.74, 6) is -1.69. The zero-order chi connectivity index (χ0) is 17.9. The van der Waals surface area contributed by atoms with Crippen molar-refractivity contribution in [3.05, 3.63) is 29.8 Å². The molecular formula is C15H20N2O6S. The van der Waals surface area contributed by atoms with Gasteiger partial charge in [-0.3, -0.25) is 4.79 Å². The van der Waals surface area contributed by atoms with Crippen LogP contribution in [0.1, 0.15) is 24.2 Å². The molecule has 0 aliphatic carbocycles. The first-order valence-corrected chi connectivity index (χ1v) is 8.94. The molecule has 0 radical (unpaired) electrons. The van der Waals surface area contributed by atoms with Crippen LogP contribution in [-0.2, 0) is 19.6 Å². The van der Waals surface area contributed by atoms with E-state index in [1.807, 2.05) is 0 Å². The molecule has 24 heavy (non-hydrogen) atoms. The van der Waals surface area contributed by atoms with E-state index in [4.69, 9.17) is 4.74 Å². The van der Waals surface area contributed by atoms with Crippen molar-refractivity contribution >= 4 is 21.9 Å². The third-order valence-corrected chi connectivity index (χ3v) is 5.11. The van der Waals surface area contributed by atoms with E-state index in [9.17, 15) is 23.1 Å². The second-order valence-corrected chi connectivity index (χ2v) is 7.45. The Morgan fingerprint density at radius 1 is 1.38 bits per heavy atom. The van der Waals surface area contributed by atoms with Crippen LogP contribution in [0.4, 0.5) is 0 Å². The van der Waals surface area contributed by atoms with Crippen molar-refractivity contribution in [2.45, 2.75) is 30.8 Å². The summed E-state index contributed by atoms with van der Waals surface area (Å²) in [7, 11) is -3.74. The quantitative estimate of drug-likeness (QED) is 0.784. The molecule has 0 saturated carbocycles. The Kier molecular flexibility index (Phi) is 5.58. The number of carbonyl (C=O) groups is 2. The Balaban J connectivity index is 2.30. The molecule has 2 rings (SSSR count). The lowest BCUT2D eigenvalue weighted by Crippen LogP contribution is -2.52. The molecule has 8 nitrogen and oxygen atoms in total. The number of aliphatic carboxylic acids is 1. The van der Waals surface area contributed by atoms with Gasteiger partial charge in [-0.2, -0.15) is 0 Å². The fourth-order valence-corrected chi connectivity index (χ4v) is 3.69. The van der Waals surface area contributed by atoms with Crippen LogP contribution in [0.15, 0.2) is 29.2 Å². The van der Waals surface area contributed by atoms with Crippen molar-refractivity contribution in [1.82, 2.24) is 9.62 Å². The van der Waals surface area contributed by atoms with Gasteiger partial charge >= 0.3 is 5.97 Å². The number of morpholine rings is 1. The molecule has 2 N–H and O–H groups in total. The van der Waals surface area contributed by atoms with E-state index in [-0.39, 0.29) is 36.3 Å². The second-order valence-electron chi connectivity index (χ2n) is 5.73. The average Bonchev–Trinajstić information content (AvgIpc) is 2.53. The zero-order valence-electron chi connectivity index (χ0n) is 13.4. The lowest BCUT2D eigenvalue weighted by atomic mass is 10.1. The Morgan fingerprint density at radius 2 is 2.08 bits per heavy atom. The molecule has 1 amide bonds. The van der Waals surface area contributed by atoms with Gasteiger partial charge in [0.2, 0.25) is 10.0 Å². The highest BCUT2D eigenvalue weighted by molar-refractivity contribution is 7.89. The molecular weight excluding hydrogens is 336 g/mol. The predicted molar refractivity (Wildman–Crippen MR) is 85.2 cm³/mol. The topological polar surface area (TPSA) is 113 Å². The van der Waals surface area contributed by atoms with Crippen molar-refractivity contribution in [2.75, 3.05) is 19.8 Å². The van der Waals surface area contributed by atoms with E-state index in [1.165, 1.54) is 29.2 Å². The highest BCUT2D eigenvalue weighted by Crippen LogP contribution is 2.17. The number of carboxylic acids is 1. The number of rotatable bonds is 5. The number of hydrogen-bond acceptors (Lipinski definition) is 5. The number of amides is 1. The molecule has 1 fully saturated rings. The number of nitrogens with zero attached hydrogens (tertiary/aromatic N) is 1. The minimum absolute atomic E-state index is 0.0396. The molecule has 0 aromatic heterocycles. The largest absolute Gasteiger partial charge is 0.480 e. The predicted octanol–water partition coefficient (Wildman–Crippen LogP) is 0.299. The molecule has 1 aromatic rings. The summed E-state index contributed by atoms with van der Waals surface area (Å²) in [6.45, 7) is 3.67. The first-order chi connectivity index (χ1) is 11.2. The van der Waals surface area contributed by atoms with Gasteiger partial charge < -0.3 is 14.7 Å². The Hall–Kier alpha value is -1.97. The Labute approximate surface area is 140 Å². The third kappa shape index (κ3) is 4.11. The van der Waals surface area contributed by atoms with Crippen molar-refractivity contribution in [3.8, 4) is 0 Å². The van der Waals surface area contributed by atoms with Gasteiger partial charge in [-0.15, -0.1) is 0 Å². The summed E-state index contributed by atoms with van der Waals surface area (Å²) in [4.78, 5) is 25.0. The van der Waals surface area contributed by atoms with Gasteiger partial charge in [0.1, 0.15) is 0 Å². The minimum atomic E-state index is -3.74. The van der Waals surface area contributed by atoms with E-state index < -0.39 is 27.9 Å². The molecule has 1 aromatic carbocycles. The summed E-state index contributed by atoms with van der Waals surface area (Å²) in [5.41, 5.74) is 0.120. The molecule has 1 heterocycles. The van der Waals surface area contributed by atoms with E-state index in [1.54, 1.807) is 13.8 Å². The summed E-state index contributed by atoms with van der Waals surface area (Å²) in [6, 6.07) is 4.19. The van der Waals surface area contributed by atoms with Crippen LogP contribution in [0.5, 0.6) is 0 Å². The molecule has 132 valence electrons. The molecule has 1 aliphatic heterocycles. The van der Waals surface area contributed by atoms with Gasteiger partial charge in [-0.05, 0) is 32.0 Å². The normalized spacial score (nSPS) is 18.6. The third-order valence-electron chi connectivity index (χ3n) is 3.46. The first kappa shape index (κ1) is 18.4. The number of benzene rings is 1. The van der Waals surface area contributed by atoms with Gasteiger partial charge in [-0.25, -0.2) is 17.9 Å². The van der Waals surface area contributed by atoms with E-state index in [2.05, 4.69) is 4.72 Å². The van der Waals surface area contributed by atoms with Gasteiger partial charge in [0.25, 0.3) is 5.91 Å². The van der Waals surface area contributed by atoms with Crippen LogP contribution >= 0.6 is 0 Å². The fourth-order valence-electron chi connectivity index (χ4n) is 2.39. The number of nitrogens with one attached hydrogen (secondary N) is 1. The van der Waals surface area contributed by atoms with Gasteiger partial charge in [0.05, 0.1) is 18.1 Å². The SMILES string of the molecule is CC(C)NS(=O)(=O)c1cccc(C(=O)N2CCOCC2C(=O)O)c1. The van der Waals surface area contributed by atoms with Gasteiger partial charge in [0, 0.05) is 18.2 Å². The maximum absolute atomic E-state index is 12.6. The van der Waals surface area contributed by atoms with Crippen molar-refractivity contribution in [2.24, 2.45) is 0 Å². The molecule has 0 spiro atoms. The number of ether oxygens (including phenoxy) is 1. The van der Waals surface area contributed by atoms with Crippen molar-refractivity contribution in [1.29, 1.82) is 0 Å². The van der Waals surface area contributed by atoms with Crippen molar-refractivity contribution in [3.63, 3.8) is 0 Å². The van der Waals surface area contributed by atoms with Crippen LogP contribution in [-0.4, -0.2) is 62.1 Å². The Morgan fingerprint density at radius 3 is 2.71 bits per heavy atom. The van der Waals surface area contributed by atoms with Crippen LogP contribution in [0.3, 0.4) is 0 Å². The number of carboxylic acid groups (broad SMARTS) is 1. The van der Waals surface area contributed by atoms with E-state index >= 15 is 0 Å². The highest BCUT2D eigenvalue weighted by atomic mass is 32.2. The van der Waals surface area contributed by atoms with E-state index in [0.29, 0.717) is 0 Å². The van der Waals surface area contributed by atoms with Crippen LogP contribution in [0.2, 0.25) is 0 Å². The summed E-state index contributed by atoms with van der Waals surface area (Å²) >= 11 is 0. The summed E-state index contributed by atoms with van der Waals surface area (Å²) in [6.07, 6.45) is 0. The molecule has 1 saturated heterocycles. The molecule has 1 unspecified atom stereocenters. The summed E-state index contributed by atoms with van der Waals surface area (Å²) in [5, 5.41) is 9.21. The first-order valence-electron chi connectivity index (χ1n) is 7.46. The molecule has 0 bridgehead atoms. The van der Waals surface area contributed by atoms with Crippen molar-refractivity contribution < 1.29 is 27.9 Å². The molecule has 9 heteroatoms. The monoisotopic (exact) mass is 356 g/mol. The van der Waals surface area contributed by atoms with Crippen LogP contribution < -0.4 is 4.72 Å². The Bertz CT molecular complexity index is 731. The van der Waals surface area contributed by atoms with Crippen LogP contribution in [0.25, 0.3) is 0 Å². The van der Waals surface area contributed by atoms with E-state index in [0.717, 1.165) is 0 Å². The smallest absolute Gasteiger partial charge is 0.328 e. The molecule has 1 atom stereocenters. The lowest BCUT2D eigenvalue weighted by Gasteiger charge is -2.32. The molecule has 1 aliphatic rings. The zero-order valence-corrected chi connectivity index (χ0v) is 14.2. The number of carbonyl (C=O) groups excluding carboxylic acids is 1. The lowest BCUT2D eigenvalue weighted by molar-refractivity contribution is -0.147. The van der Waals surface area contributed by atoms with Gasteiger partial charge in [-0.1, -0.05) is 6.07 Å². The minimum Gasteiger partial charge on any atom is -0.480 e. The summed E-state index contributed by atoms with van der Waals surface area (Å²) < 4.78 is 32.0. The van der Waals surface area contributed by atoms with Crippen LogP contribution in [0, 0.1) is 0 Å². The highest BCUT2D eigenvalue weighted by Gasteiger charge is 2.33. The number of sulfonamides is 1.